The molecule has 0 bridgehead atoms. The average molecular weight is 307 g/mol. The number of anilines is 1. The molecule has 1 unspecified atom stereocenters. The molecule has 1 aromatic rings. The van der Waals surface area contributed by atoms with E-state index in [-0.39, 0.29) is 17.4 Å². The van der Waals surface area contributed by atoms with Gasteiger partial charge in [-0.05, 0) is 50.0 Å². The van der Waals surface area contributed by atoms with Crippen LogP contribution in [0.3, 0.4) is 0 Å². The summed E-state index contributed by atoms with van der Waals surface area (Å²) in [5, 5.41) is 3.44. The summed E-state index contributed by atoms with van der Waals surface area (Å²) in [4.78, 5) is 0. The van der Waals surface area contributed by atoms with Crippen molar-refractivity contribution >= 4 is 27.3 Å². The quantitative estimate of drug-likeness (QED) is 0.897. The number of halogens is 2. The highest BCUT2D eigenvalue weighted by molar-refractivity contribution is 7.92. The van der Waals surface area contributed by atoms with Gasteiger partial charge in [-0.25, -0.2) is 12.8 Å². The zero-order valence-corrected chi connectivity index (χ0v) is 11.9. The molecule has 0 radical (unpaired) electrons. The van der Waals surface area contributed by atoms with Crippen LogP contribution in [0.15, 0.2) is 18.2 Å². The first-order valence-corrected chi connectivity index (χ1v) is 8.15. The van der Waals surface area contributed by atoms with Crippen LogP contribution < -0.4 is 10.0 Å². The summed E-state index contributed by atoms with van der Waals surface area (Å²) in [5.41, 5.74) is -0.101. The van der Waals surface area contributed by atoms with E-state index in [9.17, 15) is 12.8 Å². The SMILES string of the molecule is O=S(=O)(CC1CCCNC1)Nc1cc(Cl)ccc1F. The number of hydrogen-bond acceptors (Lipinski definition) is 3. The molecule has 1 aliphatic rings. The van der Waals surface area contributed by atoms with Crippen LogP contribution in [0.4, 0.5) is 10.1 Å². The summed E-state index contributed by atoms with van der Waals surface area (Å²) in [6, 6.07) is 3.79. The Morgan fingerprint density at radius 1 is 1.47 bits per heavy atom. The van der Waals surface area contributed by atoms with Crippen molar-refractivity contribution in [1.82, 2.24) is 5.32 Å². The van der Waals surface area contributed by atoms with Crippen molar-refractivity contribution < 1.29 is 12.8 Å². The molecule has 1 heterocycles. The van der Waals surface area contributed by atoms with E-state index in [1.807, 2.05) is 0 Å². The lowest BCUT2D eigenvalue weighted by Crippen LogP contribution is -2.35. The van der Waals surface area contributed by atoms with Gasteiger partial charge in [0.1, 0.15) is 5.82 Å². The van der Waals surface area contributed by atoms with E-state index in [1.54, 1.807) is 0 Å². The van der Waals surface area contributed by atoms with Crippen molar-refractivity contribution in [2.75, 3.05) is 23.6 Å². The van der Waals surface area contributed by atoms with Crippen LogP contribution in [0.1, 0.15) is 12.8 Å². The van der Waals surface area contributed by atoms with E-state index in [1.165, 1.54) is 12.1 Å². The van der Waals surface area contributed by atoms with Crippen molar-refractivity contribution in [3.8, 4) is 0 Å². The zero-order chi connectivity index (χ0) is 13.9. The van der Waals surface area contributed by atoms with E-state index in [0.29, 0.717) is 11.6 Å². The van der Waals surface area contributed by atoms with E-state index in [0.717, 1.165) is 25.5 Å². The molecule has 7 heteroatoms. The second-order valence-corrected chi connectivity index (χ2v) is 6.92. The highest BCUT2D eigenvalue weighted by Gasteiger charge is 2.22. The lowest BCUT2D eigenvalue weighted by atomic mass is 10.0. The molecular weight excluding hydrogens is 291 g/mol. The van der Waals surface area contributed by atoms with Crippen molar-refractivity contribution in [3.63, 3.8) is 0 Å². The van der Waals surface area contributed by atoms with Crippen LogP contribution in [-0.4, -0.2) is 27.3 Å². The highest BCUT2D eigenvalue weighted by Crippen LogP contribution is 2.22. The number of rotatable bonds is 4. The summed E-state index contributed by atoms with van der Waals surface area (Å²) in [6.45, 7) is 1.60. The third kappa shape index (κ3) is 4.33. The molecule has 19 heavy (non-hydrogen) atoms. The molecule has 0 amide bonds. The Morgan fingerprint density at radius 3 is 2.95 bits per heavy atom. The maximum atomic E-state index is 13.5. The van der Waals surface area contributed by atoms with Gasteiger partial charge in [-0.15, -0.1) is 0 Å². The number of nitrogens with one attached hydrogen (secondary N) is 2. The molecule has 1 aromatic carbocycles. The largest absolute Gasteiger partial charge is 0.316 e. The maximum absolute atomic E-state index is 13.5. The molecule has 0 aromatic heterocycles. The smallest absolute Gasteiger partial charge is 0.233 e. The maximum Gasteiger partial charge on any atom is 0.233 e. The van der Waals surface area contributed by atoms with Crippen molar-refractivity contribution in [2.24, 2.45) is 5.92 Å². The van der Waals surface area contributed by atoms with Gasteiger partial charge in [-0.3, -0.25) is 4.72 Å². The lowest BCUT2D eigenvalue weighted by Gasteiger charge is -2.22. The van der Waals surface area contributed by atoms with E-state index in [2.05, 4.69) is 10.0 Å². The predicted octanol–water partition coefficient (Wildman–Crippen LogP) is 2.22. The summed E-state index contributed by atoms with van der Waals surface area (Å²) < 4.78 is 39.7. The van der Waals surface area contributed by atoms with E-state index >= 15 is 0 Å². The summed E-state index contributed by atoms with van der Waals surface area (Å²) in [6.07, 6.45) is 1.83. The Bertz CT molecular complexity index is 545. The number of benzene rings is 1. The monoisotopic (exact) mass is 306 g/mol. The fourth-order valence-corrected chi connectivity index (χ4v) is 3.81. The highest BCUT2D eigenvalue weighted by atomic mass is 35.5. The van der Waals surface area contributed by atoms with Gasteiger partial charge in [0.25, 0.3) is 0 Å². The molecule has 1 saturated heterocycles. The summed E-state index contributed by atoms with van der Waals surface area (Å²) >= 11 is 5.73. The number of piperidine rings is 1. The Hall–Kier alpha value is -0.850. The van der Waals surface area contributed by atoms with Gasteiger partial charge in [0.2, 0.25) is 10.0 Å². The molecule has 1 aliphatic heterocycles. The van der Waals surface area contributed by atoms with Crippen molar-refractivity contribution in [3.05, 3.63) is 29.0 Å². The van der Waals surface area contributed by atoms with Gasteiger partial charge >= 0.3 is 0 Å². The summed E-state index contributed by atoms with van der Waals surface area (Å²) in [7, 11) is -3.56. The molecule has 4 nitrogen and oxygen atoms in total. The fourth-order valence-electron chi connectivity index (χ4n) is 2.16. The molecular formula is C12H16ClFN2O2S. The third-order valence-electron chi connectivity index (χ3n) is 3.05. The van der Waals surface area contributed by atoms with Gasteiger partial charge in [0.15, 0.2) is 0 Å². The van der Waals surface area contributed by atoms with Crippen molar-refractivity contribution in [1.29, 1.82) is 0 Å². The lowest BCUT2D eigenvalue weighted by molar-refractivity contribution is 0.404. The number of sulfonamides is 1. The Morgan fingerprint density at radius 2 is 2.26 bits per heavy atom. The minimum atomic E-state index is -3.56. The Balaban J connectivity index is 2.05. The van der Waals surface area contributed by atoms with Crippen LogP contribution in [-0.2, 0) is 10.0 Å². The molecule has 0 spiro atoms. The van der Waals surface area contributed by atoms with Crippen molar-refractivity contribution in [2.45, 2.75) is 12.8 Å². The van der Waals surface area contributed by atoms with Gasteiger partial charge in [-0.1, -0.05) is 11.6 Å². The second-order valence-electron chi connectivity index (χ2n) is 4.72. The van der Waals surface area contributed by atoms with Crippen LogP contribution in [0.2, 0.25) is 5.02 Å². The first-order valence-electron chi connectivity index (χ1n) is 6.12. The molecule has 0 aliphatic carbocycles. The van der Waals surface area contributed by atoms with Crippen LogP contribution >= 0.6 is 11.6 Å². The average Bonchev–Trinajstić information content (AvgIpc) is 2.34. The molecule has 2 N–H and O–H groups in total. The van der Waals surface area contributed by atoms with E-state index in [4.69, 9.17) is 11.6 Å². The Labute approximate surface area is 117 Å². The Kier molecular flexibility index (Phi) is 4.65. The van der Waals surface area contributed by atoms with Gasteiger partial charge < -0.3 is 5.32 Å². The molecule has 1 fully saturated rings. The van der Waals surface area contributed by atoms with Gasteiger partial charge in [-0.2, -0.15) is 0 Å². The van der Waals surface area contributed by atoms with Crippen LogP contribution in [0, 0.1) is 11.7 Å². The number of hydrogen-bond donors (Lipinski definition) is 2. The molecule has 106 valence electrons. The normalized spacial score (nSPS) is 20.2. The standard InChI is InChI=1S/C12H16ClFN2O2S/c13-10-3-4-11(14)12(6-10)16-19(17,18)8-9-2-1-5-15-7-9/h3-4,6,9,15-16H,1-2,5,7-8H2. The fraction of sp³-hybridized carbons (Fsp3) is 0.500. The minimum absolute atomic E-state index is 0.00798. The predicted molar refractivity (Wildman–Crippen MR) is 74.4 cm³/mol. The molecule has 0 saturated carbocycles. The van der Waals surface area contributed by atoms with E-state index < -0.39 is 15.8 Å². The zero-order valence-electron chi connectivity index (χ0n) is 10.3. The van der Waals surface area contributed by atoms with Gasteiger partial charge in [0.05, 0.1) is 11.4 Å². The molecule has 1 atom stereocenters. The first-order chi connectivity index (χ1) is 8.96. The summed E-state index contributed by atoms with van der Waals surface area (Å²) in [5.74, 6) is -0.574. The van der Waals surface area contributed by atoms with Crippen LogP contribution in [0.25, 0.3) is 0 Å². The molecule has 2 rings (SSSR count). The second kappa shape index (κ2) is 6.07. The van der Waals surface area contributed by atoms with Gasteiger partial charge in [0, 0.05) is 5.02 Å². The topological polar surface area (TPSA) is 58.2 Å². The third-order valence-corrected chi connectivity index (χ3v) is 4.72. The minimum Gasteiger partial charge on any atom is -0.316 e. The van der Waals surface area contributed by atoms with Crippen LogP contribution in [0.5, 0.6) is 0 Å². The first kappa shape index (κ1) is 14.6.